The number of hydrogen-bond acceptors (Lipinski definition) is 6. The van der Waals surface area contributed by atoms with Crippen molar-refractivity contribution in [3.05, 3.63) is 54.4 Å². The lowest BCUT2D eigenvalue weighted by atomic mass is 9.97. The smallest absolute Gasteiger partial charge is 0.354 e. The number of piperidine rings is 1. The quantitative estimate of drug-likeness (QED) is 0.634. The average Bonchev–Trinajstić information content (AvgIpc) is 3.29. The molecule has 0 saturated carbocycles. The normalized spacial score (nSPS) is 16.9. The van der Waals surface area contributed by atoms with E-state index in [0.717, 1.165) is 6.07 Å². The third-order valence-corrected chi connectivity index (χ3v) is 4.95. The van der Waals surface area contributed by atoms with Gasteiger partial charge >= 0.3 is 6.18 Å². The van der Waals surface area contributed by atoms with Gasteiger partial charge in [-0.1, -0.05) is 0 Å². The second-order valence-corrected chi connectivity index (χ2v) is 7.06. The van der Waals surface area contributed by atoms with E-state index in [1.807, 2.05) is 4.90 Å². The molecule has 1 fully saturated rings. The van der Waals surface area contributed by atoms with E-state index < -0.39 is 29.4 Å². The fraction of sp³-hybridized carbons (Fsp3) is 0.316. The molecule has 1 aliphatic rings. The highest BCUT2D eigenvalue weighted by Crippen LogP contribution is 2.33. The number of carbonyl (C=O) groups is 1. The third-order valence-electron chi connectivity index (χ3n) is 4.95. The lowest BCUT2D eigenvalue weighted by Gasteiger charge is -2.32. The Morgan fingerprint density at radius 1 is 1.13 bits per heavy atom. The molecule has 1 atom stereocenters. The van der Waals surface area contributed by atoms with Gasteiger partial charge in [0.1, 0.15) is 18.5 Å². The van der Waals surface area contributed by atoms with E-state index in [1.165, 1.54) is 17.3 Å². The van der Waals surface area contributed by atoms with Crippen LogP contribution in [-0.2, 0) is 11.0 Å². The molecular formula is C19H17F4N7O. The second-order valence-electron chi connectivity index (χ2n) is 7.06. The predicted octanol–water partition coefficient (Wildman–Crippen LogP) is 3.07. The number of rotatable bonds is 4. The van der Waals surface area contributed by atoms with E-state index >= 15 is 0 Å². The van der Waals surface area contributed by atoms with E-state index in [2.05, 4.69) is 25.6 Å². The summed E-state index contributed by atoms with van der Waals surface area (Å²) in [6, 6.07) is 5.87. The van der Waals surface area contributed by atoms with E-state index in [9.17, 15) is 22.4 Å². The summed E-state index contributed by atoms with van der Waals surface area (Å²) in [5, 5.41) is 14.7. The zero-order valence-corrected chi connectivity index (χ0v) is 16.1. The number of amides is 1. The number of aromatic nitrogens is 5. The average molecular weight is 435 g/mol. The Bertz CT molecular complexity index is 1050. The van der Waals surface area contributed by atoms with Crippen LogP contribution in [-0.4, -0.2) is 44.0 Å². The van der Waals surface area contributed by atoms with Gasteiger partial charge in [0.2, 0.25) is 5.91 Å². The number of nitrogens with one attached hydrogen (secondary N) is 1. The Hall–Kier alpha value is -3.57. The van der Waals surface area contributed by atoms with Crippen LogP contribution in [0.1, 0.15) is 18.4 Å². The number of anilines is 2. The van der Waals surface area contributed by atoms with Gasteiger partial charge in [-0.25, -0.2) is 14.1 Å². The minimum Gasteiger partial charge on any atom is -0.354 e. The highest BCUT2D eigenvalue weighted by Gasteiger charge is 2.34. The summed E-state index contributed by atoms with van der Waals surface area (Å²) in [5.74, 6) is -1.23. The Balaban J connectivity index is 1.43. The van der Waals surface area contributed by atoms with Gasteiger partial charge in [0.05, 0.1) is 11.5 Å². The molecule has 0 aliphatic carbocycles. The first-order chi connectivity index (χ1) is 14.8. The Kier molecular flexibility index (Phi) is 5.53. The maximum absolute atomic E-state index is 13.5. The van der Waals surface area contributed by atoms with Crippen molar-refractivity contribution in [3.8, 4) is 5.82 Å². The Morgan fingerprint density at radius 2 is 1.90 bits per heavy atom. The van der Waals surface area contributed by atoms with Crippen LogP contribution in [0.4, 0.5) is 29.1 Å². The monoisotopic (exact) mass is 435 g/mol. The van der Waals surface area contributed by atoms with Crippen LogP contribution < -0.4 is 10.2 Å². The molecule has 1 amide bonds. The lowest BCUT2D eigenvalue weighted by molar-refractivity contribution is -0.140. The number of halogens is 4. The van der Waals surface area contributed by atoms with Crippen LogP contribution in [0.2, 0.25) is 0 Å². The number of alkyl halides is 3. The van der Waals surface area contributed by atoms with E-state index in [1.54, 1.807) is 12.1 Å². The van der Waals surface area contributed by atoms with Gasteiger partial charge in [0, 0.05) is 18.8 Å². The largest absolute Gasteiger partial charge is 0.419 e. The van der Waals surface area contributed by atoms with Crippen molar-refractivity contribution in [1.29, 1.82) is 0 Å². The molecule has 1 unspecified atom stereocenters. The predicted molar refractivity (Wildman–Crippen MR) is 102 cm³/mol. The Morgan fingerprint density at radius 3 is 2.58 bits per heavy atom. The van der Waals surface area contributed by atoms with Crippen LogP contribution in [0.5, 0.6) is 0 Å². The molecule has 1 saturated heterocycles. The summed E-state index contributed by atoms with van der Waals surface area (Å²) in [5.41, 5.74) is -1.52. The van der Waals surface area contributed by atoms with Crippen molar-refractivity contribution in [2.45, 2.75) is 19.0 Å². The highest BCUT2D eigenvalue weighted by atomic mass is 19.4. The zero-order chi connectivity index (χ0) is 22.0. The number of benzene rings is 1. The molecule has 0 spiro atoms. The zero-order valence-electron chi connectivity index (χ0n) is 16.1. The summed E-state index contributed by atoms with van der Waals surface area (Å²) in [7, 11) is 0. The van der Waals surface area contributed by atoms with Gasteiger partial charge in [-0.05, 0) is 43.2 Å². The summed E-state index contributed by atoms with van der Waals surface area (Å²) in [6.07, 6.45) is -0.710. The molecule has 12 heteroatoms. The summed E-state index contributed by atoms with van der Waals surface area (Å²) in [6.45, 7) is 0.992. The second kappa shape index (κ2) is 8.28. The highest BCUT2D eigenvalue weighted by molar-refractivity contribution is 5.93. The first-order valence-electron chi connectivity index (χ1n) is 9.42. The van der Waals surface area contributed by atoms with E-state index in [4.69, 9.17) is 0 Å². The van der Waals surface area contributed by atoms with Gasteiger partial charge in [-0.3, -0.25) is 4.79 Å². The SMILES string of the molecule is O=C(Nc1ccc(F)c(C(F)(F)F)c1)C1CCCN(c2ccc(-n3cncn3)nn2)C1. The summed E-state index contributed by atoms with van der Waals surface area (Å²) in [4.78, 5) is 18.4. The third kappa shape index (κ3) is 4.62. The van der Waals surface area contributed by atoms with Gasteiger partial charge in [0.15, 0.2) is 11.6 Å². The molecule has 2 aromatic heterocycles. The van der Waals surface area contributed by atoms with Crippen molar-refractivity contribution in [3.63, 3.8) is 0 Å². The molecule has 1 N–H and O–H groups in total. The molecule has 1 aromatic carbocycles. The summed E-state index contributed by atoms with van der Waals surface area (Å²) >= 11 is 0. The van der Waals surface area contributed by atoms with Crippen LogP contribution in [0.3, 0.4) is 0 Å². The summed E-state index contributed by atoms with van der Waals surface area (Å²) < 4.78 is 53.6. The molecule has 3 aromatic rings. The first-order valence-corrected chi connectivity index (χ1v) is 9.42. The maximum atomic E-state index is 13.5. The molecule has 31 heavy (non-hydrogen) atoms. The molecule has 0 radical (unpaired) electrons. The number of carbonyl (C=O) groups excluding carboxylic acids is 1. The van der Waals surface area contributed by atoms with Crippen LogP contribution in [0, 0.1) is 11.7 Å². The number of nitrogens with zero attached hydrogens (tertiary/aromatic N) is 6. The number of hydrogen-bond donors (Lipinski definition) is 1. The fourth-order valence-electron chi connectivity index (χ4n) is 3.40. The molecule has 4 rings (SSSR count). The molecule has 1 aliphatic heterocycles. The van der Waals surface area contributed by atoms with Crippen molar-refractivity contribution >= 4 is 17.4 Å². The van der Waals surface area contributed by atoms with Gasteiger partial charge in [0.25, 0.3) is 0 Å². The van der Waals surface area contributed by atoms with Crippen molar-refractivity contribution in [2.75, 3.05) is 23.3 Å². The molecule has 0 bridgehead atoms. The minimum atomic E-state index is -4.84. The van der Waals surface area contributed by atoms with E-state index in [-0.39, 0.29) is 5.69 Å². The fourth-order valence-corrected chi connectivity index (χ4v) is 3.40. The molecular weight excluding hydrogens is 418 g/mol. The molecule has 162 valence electrons. The first kappa shape index (κ1) is 20.7. The van der Waals surface area contributed by atoms with Crippen molar-refractivity contribution < 1.29 is 22.4 Å². The maximum Gasteiger partial charge on any atom is 0.419 e. The van der Waals surface area contributed by atoms with Gasteiger partial charge < -0.3 is 10.2 Å². The van der Waals surface area contributed by atoms with Crippen LogP contribution >= 0.6 is 0 Å². The molecule has 3 heterocycles. The van der Waals surface area contributed by atoms with Crippen molar-refractivity contribution in [2.24, 2.45) is 5.92 Å². The van der Waals surface area contributed by atoms with Crippen LogP contribution in [0.25, 0.3) is 5.82 Å². The van der Waals surface area contributed by atoms with Gasteiger partial charge in [-0.2, -0.15) is 18.3 Å². The minimum absolute atomic E-state index is 0.104. The lowest BCUT2D eigenvalue weighted by Crippen LogP contribution is -2.41. The molecule has 8 nitrogen and oxygen atoms in total. The van der Waals surface area contributed by atoms with Crippen LogP contribution in [0.15, 0.2) is 43.0 Å². The standard InChI is InChI=1S/C19H17F4N7O/c20-15-4-3-13(8-14(15)19(21,22)23)26-18(31)12-2-1-7-29(9-12)16-5-6-17(28-27-16)30-11-24-10-25-30/h3-6,8,10-12H,1-2,7,9H2,(H,26,31). The Labute approximate surface area is 173 Å². The van der Waals surface area contributed by atoms with E-state index in [0.29, 0.717) is 49.7 Å². The van der Waals surface area contributed by atoms with Crippen molar-refractivity contribution in [1.82, 2.24) is 25.0 Å². The van der Waals surface area contributed by atoms with Gasteiger partial charge in [-0.15, -0.1) is 10.2 Å². The topological polar surface area (TPSA) is 88.8 Å².